The Hall–Kier alpha value is -4.24. The van der Waals surface area contributed by atoms with Crippen LogP contribution in [-0.4, -0.2) is 43.5 Å². The quantitative estimate of drug-likeness (QED) is 0.517. The van der Waals surface area contributed by atoms with Crippen LogP contribution in [0.3, 0.4) is 0 Å². The molecular weight excluding hydrogens is 449 g/mol. The predicted octanol–water partition coefficient (Wildman–Crippen LogP) is 4.24. The second kappa shape index (κ2) is 9.19. The second-order valence-corrected chi connectivity index (χ2v) is 8.19. The Morgan fingerprint density at radius 1 is 1.26 bits per heavy atom. The summed E-state index contributed by atoms with van der Waals surface area (Å²) in [5.74, 6) is 0.707. The number of aliphatic hydroxyl groups excluding tert-OH is 1. The monoisotopic (exact) mass is 473 g/mol. The number of piperidine rings is 1. The van der Waals surface area contributed by atoms with Gasteiger partial charge in [0.05, 0.1) is 30.2 Å². The van der Waals surface area contributed by atoms with Gasteiger partial charge in [-0.15, -0.1) is 0 Å². The number of halogens is 1. The van der Waals surface area contributed by atoms with Gasteiger partial charge in [0.25, 0.3) is 5.72 Å². The van der Waals surface area contributed by atoms with E-state index in [4.69, 9.17) is 9.57 Å². The normalized spacial score (nSPS) is 20.2. The van der Waals surface area contributed by atoms with E-state index in [2.05, 4.69) is 28.3 Å². The first kappa shape index (κ1) is 22.5. The van der Waals surface area contributed by atoms with E-state index in [9.17, 15) is 9.50 Å². The van der Waals surface area contributed by atoms with Crippen LogP contribution in [0.25, 0.3) is 17.8 Å². The number of aromatic nitrogens is 3. The van der Waals surface area contributed by atoms with Gasteiger partial charge in [-0.1, -0.05) is 24.4 Å². The fourth-order valence-corrected chi connectivity index (χ4v) is 4.42. The Morgan fingerprint density at radius 3 is 2.89 bits per heavy atom. The average molecular weight is 474 g/mol. The van der Waals surface area contributed by atoms with E-state index >= 15 is 0 Å². The molecule has 0 aliphatic carbocycles. The van der Waals surface area contributed by atoms with Crippen LogP contribution < -0.4 is 4.74 Å². The molecule has 1 N–H and O–H groups in total. The molecule has 178 valence electrons. The number of ether oxygens (including phenoxy) is 1. The van der Waals surface area contributed by atoms with E-state index in [1.165, 1.54) is 18.5 Å². The number of amidine groups is 1. The van der Waals surface area contributed by atoms with Crippen LogP contribution in [-0.2, 0) is 10.6 Å². The molecule has 2 aliphatic rings. The molecule has 0 spiro atoms. The number of imidazole rings is 1. The van der Waals surface area contributed by atoms with E-state index in [1.807, 2.05) is 39.9 Å². The highest BCUT2D eigenvalue weighted by molar-refractivity contribution is 6.03. The van der Waals surface area contributed by atoms with Gasteiger partial charge in [-0.3, -0.25) is 4.98 Å². The summed E-state index contributed by atoms with van der Waals surface area (Å²) in [4.78, 5) is 15.8. The second-order valence-electron chi connectivity index (χ2n) is 8.19. The molecule has 5 rings (SSSR count). The number of fused-ring (bicyclic) bond motifs is 1. The lowest BCUT2D eigenvalue weighted by Gasteiger charge is -2.38. The first-order valence-electron chi connectivity index (χ1n) is 11.1. The van der Waals surface area contributed by atoms with E-state index in [-0.39, 0.29) is 0 Å². The number of nitrogens with zero attached hydrogens (tertiary/aromatic N) is 5. The zero-order valence-corrected chi connectivity index (χ0v) is 19.0. The highest BCUT2D eigenvalue weighted by Gasteiger charge is 2.49. The standard InChI is InChI=1S/C26H24FN5O3/c1-3-22-15-31(17-29-22)23-8-7-18(11-24(23)34-4-2)10-19-6-5-9-32-25(19)30-35-26(32,16-33)20-12-21(27)14-28-13-20/h3-4,7-8,10-15,17,33H,1-2,5-6,9,16H2/b19-10+. The van der Waals surface area contributed by atoms with Crippen LogP contribution in [0.15, 0.2) is 79.3 Å². The molecular formula is C26H24FN5O3. The molecule has 0 radical (unpaired) electrons. The molecule has 9 heteroatoms. The number of benzene rings is 1. The van der Waals surface area contributed by atoms with E-state index in [0.717, 1.165) is 41.6 Å². The highest BCUT2D eigenvalue weighted by atomic mass is 19.1. The van der Waals surface area contributed by atoms with Gasteiger partial charge >= 0.3 is 0 Å². The SMILES string of the molecule is C=COc1cc(/C=C2\CCCN3C2=NOC3(CO)c2cncc(F)c2)ccc1-n1cnc(C=C)c1. The summed E-state index contributed by atoms with van der Waals surface area (Å²) in [5, 5.41) is 14.6. The minimum Gasteiger partial charge on any atom is -0.463 e. The molecule has 1 aromatic carbocycles. The molecule has 8 nitrogen and oxygen atoms in total. The maximum atomic E-state index is 13.9. The molecule has 1 unspecified atom stereocenters. The summed E-state index contributed by atoms with van der Waals surface area (Å²) in [6.45, 7) is 7.63. The molecule has 0 amide bonds. The lowest BCUT2D eigenvalue weighted by molar-refractivity contribution is -0.137. The number of pyridine rings is 1. The zero-order valence-electron chi connectivity index (χ0n) is 19.0. The van der Waals surface area contributed by atoms with Gasteiger partial charge < -0.3 is 24.1 Å². The molecule has 1 atom stereocenters. The third-order valence-electron chi connectivity index (χ3n) is 6.09. The molecule has 35 heavy (non-hydrogen) atoms. The lowest BCUT2D eigenvalue weighted by atomic mass is 9.95. The first-order valence-corrected chi connectivity index (χ1v) is 11.1. The van der Waals surface area contributed by atoms with Crippen molar-refractivity contribution in [1.29, 1.82) is 0 Å². The summed E-state index contributed by atoms with van der Waals surface area (Å²) in [7, 11) is 0. The van der Waals surface area contributed by atoms with E-state index in [0.29, 0.717) is 23.7 Å². The molecule has 4 heterocycles. The highest BCUT2D eigenvalue weighted by Crippen LogP contribution is 2.40. The van der Waals surface area contributed by atoms with Crippen molar-refractivity contribution < 1.29 is 19.1 Å². The van der Waals surface area contributed by atoms with Gasteiger partial charge in [-0.25, -0.2) is 9.37 Å². The van der Waals surface area contributed by atoms with Crippen LogP contribution in [0.1, 0.15) is 29.7 Å². The van der Waals surface area contributed by atoms with Gasteiger partial charge in [-0.2, -0.15) is 0 Å². The Labute approximate surface area is 201 Å². The number of rotatable bonds is 7. The number of oxime groups is 1. The van der Waals surface area contributed by atoms with Crippen molar-refractivity contribution in [1.82, 2.24) is 19.4 Å². The Bertz CT molecular complexity index is 1350. The first-order chi connectivity index (χ1) is 17.1. The fourth-order valence-electron chi connectivity index (χ4n) is 4.42. The fraction of sp³-hybridized carbons (Fsp3) is 0.192. The van der Waals surface area contributed by atoms with Crippen molar-refractivity contribution in [2.24, 2.45) is 5.16 Å². The van der Waals surface area contributed by atoms with E-state index < -0.39 is 18.1 Å². The lowest BCUT2D eigenvalue weighted by Crippen LogP contribution is -2.51. The Balaban J connectivity index is 1.48. The minimum atomic E-state index is -1.31. The number of aliphatic hydroxyl groups is 1. The van der Waals surface area contributed by atoms with Crippen molar-refractivity contribution in [3.8, 4) is 11.4 Å². The van der Waals surface area contributed by atoms with E-state index in [1.54, 1.807) is 12.4 Å². The predicted molar refractivity (Wildman–Crippen MR) is 130 cm³/mol. The Kier molecular flexibility index (Phi) is 5.92. The molecule has 1 fully saturated rings. The Morgan fingerprint density at radius 2 is 2.14 bits per heavy atom. The topological polar surface area (TPSA) is 85.0 Å². The summed E-state index contributed by atoms with van der Waals surface area (Å²) >= 11 is 0. The third kappa shape index (κ3) is 4.00. The molecule has 2 aromatic heterocycles. The smallest absolute Gasteiger partial charge is 0.261 e. The third-order valence-corrected chi connectivity index (χ3v) is 6.09. The van der Waals surface area contributed by atoms with Gasteiger partial charge in [0.2, 0.25) is 0 Å². The molecule has 1 saturated heterocycles. The van der Waals surface area contributed by atoms with Crippen molar-refractivity contribution in [2.45, 2.75) is 18.6 Å². The number of hydrogen-bond donors (Lipinski definition) is 1. The molecule has 0 saturated carbocycles. The summed E-state index contributed by atoms with van der Waals surface area (Å²) in [6, 6.07) is 7.12. The van der Waals surface area contributed by atoms with Gasteiger partial charge in [0.15, 0.2) is 11.6 Å². The van der Waals surface area contributed by atoms with Crippen LogP contribution >= 0.6 is 0 Å². The van der Waals surface area contributed by atoms with Gasteiger partial charge in [0.1, 0.15) is 12.4 Å². The molecule has 3 aromatic rings. The maximum absolute atomic E-state index is 13.9. The van der Waals surface area contributed by atoms with Crippen molar-refractivity contribution >= 4 is 18.0 Å². The average Bonchev–Trinajstić information content (AvgIpc) is 3.50. The van der Waals surface area contributed by atoms with Crippen molar-refractivity contribution in [2.75, 3.05) is 13.2 Å². The van der Waals surface area contributed by atoms with Crippen molar-refractivity contribution in [3.05, 3.63) is 96.8 Å². The van der Waals surface area contributed by atoms with Crippen LogP contribution in [0, 0.1) is 5.82 Å². The summed E-state index contributed by atoms with van der Waals surface area (Å²) < 4.78 is 21.4. The van der Waals surface area contributed by atoms with Crippen molar-refractivity contribution in [3.63, 3.8) is 0 Å². The zero-order chi connectivity index (χ0) is 24.4. The molecule has 0 bridgehead atoms. The van der Waals surface area contributed by atoms with Crippen LogP contribution in [0.4, 0.5) is 4.39 Å². The van der Waals surface area contributed by atoms with Crippen LogP contribution in [0.2, 0.25) is 0 Å². The van der Waals surface area contributed by atoms with Gasteiger partial charge in [0, 0.05) is 24.5 Å². The summed E-state index contributed by atoms with van der Waals surface area (Å²) in [6.07, 6.45) is 12.8. The summed E-state index contributed by atoms with van der Waals surface area (Å²) in [5.41, 5.74) is 2.48. The number of hydrogen-bond acceptors (Lipinski definition) is 7. The maximum Gasteiger partial charge on any atom is 0.261 e. The van der Waals surface area contributed by atoms with Gasteiger partial charge in [-0.05, 0) is 54.3 Å². The van der Waals surface area contributed by atoms with Crippen LogP contribution in [0.5, 0.6) is 5.75 Å². The largest absolute Gasteiger partial charge is 0.463 e. The minimum absolute atomic E-state index is 0.401. The molecule has 2 aliphatic heterocycles.